The van der Waals surface area contributed by atoms with E-state index in [1.54, 1.807) is 48.5 Å². The van der Waals surface area contributed by atoms with E-state index in [-0.39, 0.29) is 82.7 Å². The van der Waals surface area contributed by atoms with Gasteiger partial charge in [0.1, 0.15) is 23.0 Å². The number of pyridine rings is 2. The van der Waals surface area contributed by atoms with Crippen molar-refractivity contribution in [3.63, 3.8) is 0 Å². The van der Waals surface area contributed by atoms with Crippen LogP contribution in [0.15, 0.2) is 73.1 Å². The quantitative estimate of drug-likeness (QED) is 0.103. The third-order valence-corrected chi connectivity index (χ3v) is 8.90. The number of Topliss-reactive ketones (excluding diaryl/α,β-unsaturated/α-hetero) is 2. The fraction of sp³-hybridized carbons (Fsp3) is 0.435. The zero-order chi connectivity index (χ0) is 45.4. The average molecular weight is 823 g/mol. The smallest absolute Gasteiger partial charge is 0.273 e. The van der Waals surface area contributed by atoms with Crippen molar-refractivity contribution in [1.29, 1.82) is 0 Å². The number of nitro groups is 2. The molecule has 2 N–H and O–H groups in total. The molecule has 2 heterocycles. The Morgan fingerprint density at radius 2 is 0.967 bits per heavy atom. The molecule has 0 radical (unpaired) electrons. The van der Waals surface area contributed by atoms with E-state index in [0.717, 1.165) is 5.56 Å². The van der Waals surface area contributed by atoms with Crippen molar-refractivity contribution in [2.75, 3.05) is 0 Å². The molecule has 0 saturated carbocycles. The molecular weight excluding hydrogens is 765 g/mol. The lowest BCUT2D eigenvalue weighted by molar-refractivity contribution is -0.386. The van der Waals surface area contributed by atoms with Crippen molar-refractivity contribution in [3.05, 3.63) is 138 Å². The summed E-state index contributed by atoms with van der Waals surface area (Å²) in [5, 5.41) is 28.7. The van der Waals surface area contributed by atoms with Crippen LogP contribution >= 0.6 is 0 Å². The first kappa shape index (κ1) is 48.2. The molecule has 0 saturated heterocycles. The van der Waals surface area contributed by atoms with Crippen LogP contribution in [-0.4, -0.2) is 54.3 Å². The SMILES string of the molecule is CC(C)(C)NC(=O)c1cc(CC(=O)Cc2ccc(C(C)(C)C)c([N+](=O)[O-])c2)ccn1.CC(C)(C)NC(=O)c1cc(CC(=O)Cc2ccc(C(C)(C)C)cc2[N+](=O)[O-])ccn1. The lowest BCUT2D eigenvalue weighted by Gasteiger charge is -2.20. The van der Waals surface area contributed by atoms with E-state index in [1.165, 1.54) is 18.5 Å². The fourth-order valence-corrected chi connectivity index (χ4v) is 6.07. The number of ketones is 2. The lowest BCUT2D eigenvalue weighted by atomic mass is 9.85. The van der Waals surface area contributed by atoms with Gasteiger partial charge in [-0.15, -0.1) is 0 Å². The number of hydrogen-bond acceptors (Lipinski definition) is 10. The summed E-state index contributed by atoms with van der Waals surface area (Å²) in [5.41, 5.74) is 2.85. The normalized spacial score (nSPS) is 11.8. The van der Waals surface area contributed by atoms with Gasteiger partial charge in [0.15, 0.2) is 0 Å². The van der Waals surface area contributed by atoms with Crippen LogP contribution < -0.4 is 10.6 Å². The average Bonchev–Trinajstić information content (AvgIpc) is 3.09. The van der Waals surface area contributed by atoms with Crippen LogP contribution in [-0.2, 0) is 46.1 Å². The molecule has 0 bridgehead atoms. The third-order valence-electron chi connectivity index (χ3n) is 8.90. The minimum Gasteiger partial charge on any atom is -0.346 e. The highest BCUT2D eigenvalue weighted by Gasteiger charge is 2.26. The van der Waals surface area contributed by atoms with Crippen LogP contribution in [0.4, 0.5) is 11.4 Å². The summed E-state index contributed by atoms with van der Waals surface area (Å²) < 4.78 is 0. The van der Waals surface area contributed by atoms with Crippen LogP contribution in [0.5, 0.6) is 0 Å². The summed E-state index contributed by atoms with van der Waals surface area (Å²) in [5.74, 6) is -0.883. The molecular formula is C46H58N6O8. The number of amides is 2. The minimum absolute atomic E-state index is 0.0258. The monoisotopic (exact) mass is 822 g/mol. The summed E-state index contributed by atoms with van der Waals surface area (Å²) in [4.78, 5) is 80.0. The van der Waals surface area contributed by atoms with Gasteiger partial charge < -0.3 is 10.6 Å². The number of rotatable bonds is 12. The molecule has 320 valence electrons. The molecule has 0 aliphatic rings. The molecule has 14 nitrogen and oxygen atoms in total. The minimum atomic E-state index is -0.445. The van der Waals surface area contributed by atoms with Crippen molar-refractivity contribution in [1.82, 2.24) is 20.6 Å². The highest BCUT2D eigenvalue weighted by atomic mass is 16.6. The van der Waals surface area contributed by atoms with Gasteiger partial charge in [-0.1, -0.05) is 65.8 Å². The van der Waals surface area contributed by atoms with Crippen LogP contribution in [0.1, 0.15) is 137 Å². The van der Waals surface area contributed by atoms with Gasteiger partial charge in [0.2, 0.25) is 0 Å². The first-order valence-electron chi connectivity index (χ1n) is 19.7. The molecule has 14 heteroatoms. The van der Waals surface area contributed by atoms with Gasteiger partial charge in [-0.25, -0.2) is 0 Å². The molecule has 0 aliphatic carbocycles. The fourth-order valence-electron chi connectivity index (χ4n) is 6.07. The van der Waals surface area contributed by atoms with Crippen LogP contribution in [0, 0.1) is 20.2 Å². The summed E-state index contributed by atoms with van der Waals surface area (Å²) in [6, 6.07) is 16.5. The maximum Gasteiger partial charge on any atom is 0.273 e. The van der Waals surface area contributed by atoms with Crippen LogP contribution in [0.2, 0.25) is 0 Å². The molecule has 2 amide bonds. The second kappa shape index (κ2) is 19.3. The van der Waals surface area contributed by atoms with Crippen molar-refractivity contribution in [3.8, 4) is 0 Å². The number of nitro benzene ring substituents is 2. The first-order valence-corrected chi connectivity index (χ1v) is 19.7. The Bertz CT molecular complexity index is 2260. The topological polar surface area (TPSA) is 204 Å². The molecule has 0 aliphatic heterocycles. The van der Waals surface area contributed by atoms with E-state index in [9.17, 15) is 39.4 Å². The molecule has 0 fully saturated rings. The van der Waals surface area contributed by atoms with Crippen LogP contribution in [0.25, 0.3) is 0 Å². The second-order valence-electron chi connectivity index (χ2n) is 19.0. The summed E-state index contributed by atoms with van der Waals surface area (Å²) in [6.45, 7) is 22.9. The van der Waals surface area contributed by atoms with E-state index < -0.39 is 20.9 Å². The van der Waals surface area contributed by atoms with Gasteiger partial charge in [0, 0.05) is 72.4 Å². The number of nitrogens with zero attached hydrogens (tertiary/aromatic N) is 4. The Balaban J connectivity index is 0.000000320. The van der Waals surface area contributed by atoms with Gasteiger partial charge in [-0.3, -0.25) is 49.4 Å². The van der Waals surface area contributed by atoms with Gasteiger partial charge in [0.05, 0.1) is 9.85 Å². The molecule has 0 unspecified atom stereocenters. The van der Waals surface area contributed by atoms with Crippen molar-refractivity contribution in [2.45, 2.75) is 131 Å². The number of aromatic nitrogens is 2. The molecule has 2 aromatic heterocycles. The Kier molecular flexibility index (Phi) is 15.5. The predicted molar refractivity (Wildman–Crippen MR) is 231 cm³/mol. The van der Waals surface area contributed by atoms with E-state index in [0.29, 0.717) is 27.8 Å². The number of hydrogen-bond donors (Lipinski definition) is 2. The predicted octanol–water partition coefficient (Wildman–Crippen LogP) is 8.34. The maximum atomic E-state index is 12.6. The van der Waals surface area contributed by atoms with E-state index in [4.69, 9.17) is 0 Å². The largest absolute Gasteiger partial charge is 0.346 e. The van der Waals surface area contributed by atoms with Gasteiger partial charge in [-0.05, 0) is 98.9 Å². The lowest BCUT2D eigenvalue weighted by Crippen LogP contribution is -2.41. The summed E-state index contributed by atoms with van der Waals surface area (Å²) in [6.07, 6.45) is 3.21. The van der Waals surface area contributed by atoms with E-state index >= 15 is 0 Å². The van der Waals surface area contributed by atoms with Crippen LogP contribution in [0.3, 0.4) is 0 Å². The third kappa shape index (κ3) is 15.2. The van der Waals surface area contributed by atoms with E-state index in [1.807, 2.05) is 89.2 Å². The summed E-state index contributed by atoms with van der Waals surface area (Å²) in [7, 11) is 0. The highest BCUT2D eigenvalue weighted by molar-refractivity contribution is 5.94. The number of benzene rings is 2. The molecule has 2 aromatic carbocycles. The van der Waals surface area contributed by atoms with Gasteiger partial charge in [0.25, 0.3) is 23.2 Å². The molecule has 60 heavy (non-hydrogen) atoms. The maximum absolute atomic E-state index is 12.6. The standard InChI is InChI=1S/2C23H29N3O4/c1-22(2,3)17-8-7-16(20(14-17)26(29)30)13-18(27)11-15-9-10-24-19(12-15)21(28)25-23(4,5)6;1-22(2,3)18-8-7-15(14-20(18)26(29)30)11-17(27)12-16-9-10-24-19(13-16)21(28)25-23(4,5)6/h7-10,12,14H,11,13H2,1-6H3,(H,25,28);7-10,13-14H,11-12H2,1-6H3,(H,25,28). The zero-order valence-corrected chi connectivity index (χ0v) is 36.8. The Morgan fingerprint density at radius 3 is 1.37 bits per heavy atom. The molecule has 4 rings (SSSR count). The molecule has 0 atom stereocenters. The number of carbonyl (C=O) groups is 4. The molecule has 0 spiro atoms. The van der Waals surface area contributed by atoms with E-state index in [2.05, 4.69) is 20.6 Å². The Morgan fingerprint density at radius 1 is 0.533 bits per heavy atom. The summed E-state index contributed by atoms with van der Waals surface area (Å²) >= 11 is 0. The Hall–Kier alpha value is -6.18. The van der Waals surface area contributed by atoms with Gasteiger partial charge >= 0.3 is 0 Å². The number of carbonyl (C=O) groups excluding carboxylic acids is 4. The number of nitrogens with one attached hydrogen (secondary N) is 2. The molecule has 4 aromatic rings. The van der Waals surface area contributed by atoms with Gasteiger partial charge in [-0.2, -0.15) is 0 Å². The van der Waals surface area contributed by atoms with Crippen molar-refractivity contribution in [2.24, 2.45) is 0 Å². The second-order valence-corrected chi connectivity index (χ2v) is 19.0. The highest BCUT2D eigenvalue weighted by Crippen LogP contribution is 2.32. The zero-order valence-electron chi connectivity index (χ0n) is 36.8. The first-order chi connectivity index (χ1) is 27.5. The Labute approximate surface area is 352 Å². The van der Waals surface area contributed by atoms with Crippen molar-refractivity contribution < 1.29 is 29.0 Å². The van der Waals surface area contributed by atoms with Crippen molar-refractivity contribution >= 4 is 34.8 Å².